The Balaban J connectivity index is 2.60. The van der Waals surface area contributed by atoms with Gasteiger partial charge in [0.1, 0.15) is 5.75 Å². The second-order valence-electron chi connectivity index (χ2n) is 2.97. The highest BCUT2D eigenvalue weighted by Gasteiger charge is 2.11. The smallest absolute Gasteiger partial charge is 0.235 e. The maximum Gasteiger partial charge on any atom is 0.235 e. The van der Waals surface area contributed by atoms with Crippen molar-refractivity contribution in [3.05, 3.63) is 24.3 Å². The van der Waals surface area contributed by atoms with Gasteiger partial charge in [-0.05, 0) is 12.1 Å². The number of amides is 1. The van der Waals surface area contributed by atoms with E-state index >= 15 is 0 Å². The van der Waals surface area contributed by atoms with Crippen LogP contribution in [0.4, 0.5) is 0 Å². The van der Waals surface area contributed by atoms with E-state index in [4.69, 9.17) is 16.2 Å². The van der Waals surface area contributed by atoms with E-state index in [1.54, 1.807) is 7.11 Å². The standard InChI is InChI=1S/C10H14N2O2S/c1-14-8-4-2-3-5-9(8)15-6-7(11)10(12)13/h2-5,7H,6,11H2,1H3,(H2,12,13). The van der Waals surface area contributed by atoms with Crippen LogP contribution in [0.15, 0.2) is 29.2 Å². The Morgan fingerprint density at radius 1 is 1.53 bits per heavy atom. The average molecular weight is 226 g/mol. The first-order chi connectivity index (χ1) is 7.15. The minimum Gasteiger partial charge on any atom is -0.496 e. The van der Waals surface area contributed by atoms with E-state index in [0.29, 0.717) is 5.75 Å². The third-order valence-electron chi connectivity index (χ3n) is 1.85. The van der Waals surface area contributed by atoms with Gasteiger partial charge in [0, 0.05) is 10.6 Å². The summed E-state index contributed by atoms with van der Waals surface area (Å²) in [5.41, 5.74) is 10.6. The lowest BCUT2D eigenvalue weighted by atomic mass is 10.3. The number of nitrogens with two attached hydrogens (primary N) is 2. The molecule has 1 amide bonds. The number of hydrogen-bond acceptors (Lipinski definition) is 4. The summed E-state index contributed by atoms with van der Waals surface area (Å²) in [5, 5.41) is 0. The normalized spacial score (nSPS) is 12.1. The molecule has 0 aliphatic heterocycles. The molecule has 1 unspecified atom stereocenters. The fraction of sp³-hybridized carbons (Fsp3) is 0.300. The van der Waals surface area contributed by atoms with Gasteiger partial charge < -0.3 is 16.2 Å². The highest BCUT2D eigenvalue weighted by Crippen LogP contribution is 2.28. The highest BCUT2D eigenvalue weighted by molar-refractivity contribution is 7.99. The number of rotatable bonds is 5. The molecule has 1 rings (SSSR count). The second-order valence-corrected chi connectivity index (χ2v) is 4.03. The molecular formula is C10H14N2O2S. The number of ether oxygens (including phenoxy) is 1. The first-order valence-electron chi connectivity index (χ1n) is 4.46. The number of thioether (sulfide) groups is 1. The first kappa shape index (κ1) is 11.9. The predicted molar refractivity (Wildman–Crippen MR) is 60.9 cm³/mol. The molecule has 0 radical (unpaired) electrons. The zero-order valence-corrected chi connectivity index (χ0v) is 9.29. The van der Waals surface area contributed by atoms with Gasteiger partial charge in [-0.1, -0.05) is 12.1 Å². The summed E-state index contributed by atoms with van der Waals surface area (Å²) in [6, 6.07) is 6.94. The zero-order chi connectivity index (χ0) is 11.3. The van der Waals surface area contributed by atoms with Crippen LogP contribution in [0.1, 0.15) is 0 Å². The van der Waals surface area contributed by atoms with Crippen LogP contribution in [0, 0.1) is 0 Å². The van der Waals surface area contributed by atoms with Crippen LogP contribution < -0.4 is 16.2 Å². The molecule has 0 aliphatic rings. The van der Waals surface area contributed by atoms with E-state index in [9.17, 15) is 4.79 Å². The van der Waals surface area contributed by atoms with Gasteiger partial charge in [0.2, 0.25) is 5.91 Å². The van der Waals surface area contributed by atoms with Crippen molar-refractivity contribution in [2.45, 2.75) is 10.9 Å². The van der Waals surface area contributed by atoms with Crippen molar-refractivity contribution in [1.82, 2.24) is 0 Å². The van der Waals surface area contributed by atoms with Crippen molar-refractivity contribution in [2.24, 2.45) is 11.5 Å². The quantitative estimate of drug-likeness (QED) is 0.721. The lowest BCUT2D eigenvalue weighted by molar-refractivity contribution is -0.118. The SMILES string of the molecule is COc1ccccc1SCC(N)C(N)=O. The van der Waals surface area contributed by atoms with Gasteiger partial charge in [0.15, 0.2) is 0 Å². The molecule has 0 aliphatic carbocycles. The second kappa shape index (κ2) is 5.63. The average Bonchev–Trinajstić information content (AvgIpc) is 2.26. The first-order valence-corrected chi connectivity index (χ1v) is 5.44. The lowest BCUT2D eigenvalue weighted by Gasteiger charge is -2.09. The van der Waals surface area contributed by atoms with Crippen LogP contribution in [-0.2, 0) is 4.79 Å². The number of carbonyl (C=O) groups is 1. The molecule has 82 valence electrons. The van der Waals surface area contributed by atoms with E-state index in [0.717, 1.165) is 10.6 Å². The monoisotopic (exact) mass is 226 g/mol. The Hall–Kier alpha value is -1.20. The summed E-state index contributed by atoms with van der Waals surface area (Å²) < 4.78 is 5.16. The molecule has 0 saturated carbocycles. The molecule has 0 heterocycles. The number of hydrogen-bond donors (Lipinski definition) is 2. The molecule has 4 nitrogen and oxygen atoms in total. The largest absolute Gasteiger partial charge is 0.496 e. The summed E-state index contributed by atoms with van der Waals surface area (Å²) in [6.07, 6.45) is 0. The van der Waals surface area contributed by atoms with Crippen molar-refractivity contribution >= 4 is 17.7 Å². The van der Waals surface area contributed by atoms with Crippen LogP contribution in [0.5, 0.6) is 5.75 Å². The molecule has 1 aromatic rings. The Bertz CT molecular complexity index is 344. The van der Waals surface area contributed by atoms with E-state index < -0.39 is 11.9 Å². The van der Waals surface area contributed by atoms with Crippen molar-refractivity contribution in [3.63, 3.8) is 0 Å². The van der Waals surface area contributed by atoms with Gasteiger partial charge in [-0.25, -0.2) is 0 Å². The van der Waals surface area contributed by atoms with Gasteiger partial charge >= 0.3 is 0 Å². The maximum absolute atomic E-state index is 10.7. The van der Waals surface area contributed by atoms with Crippen molar-refractivity contribution < 1.29 is 9.53 Å². The van der Waals surface area contributed by atoms with Crippen molar-refractivity contribution in [2.75, 3.05) is 12.9 Å². The van der Waals surface area contributed by atoms with Gasteiger partial charge in [0.25, 0.3) is 0 Å². The highest BCUT2D eigenvalue weighted by atomic mass is 32.2. The summed E-state index contributed by atoms with van der Waals surface area (Å²) in [7, 11) is 1.60. The molecule has 1 aromatic carbocycles. The third kappa shape index (κ3) is 3.45. The Kier molecular flexibility index (Phi) is 4.45. The number of carbonyl (C=O) groups excluding carboxylic acids is 1. The topological polar surface area (TPSA) is 78.3 Å². The summed E-state index contributed by atoms with van der Waals surface area (Å²) in [6.45, 7) is 0. The Morgan fingerprint density at radius 2 is 2.20 bits per heavy atom. The van der Waals surface area contributed by atoms with Crippen LogP contribution in [0.25, 0.3) is 0 Å². The molecule has 0 aromatic heterocycles. The van der Waals surface area contributed by atoms with E-state index in [2.05, 4.69) is 0 Å². The van der Waals surface area contributed by atoms with E-state index in [1.807, 2.05) is 24.3 Å². The fourth-order valence-electron chi connectivity index (χ4n) is 1.000. The van der Waals surface area contributed by atoms with Crippen LogP contribution in [0.3, 0.4) is 0 Å². The molecule has 15 heavy (non-hydrogen) atoms. The van der Waals surface area contributed by atoms with Crippen LogP contribution in [-0.4, -0.2) is 24.8 Å². The van der Waals surface area contributed by atoms with E-state index in [1.165, 1.54) is 11.8 Å². The predicted octanol–water partition coefficient (Wildman–Crippen LogP) is 0.600. The molecule has 1 atom stereocenters. The number of para-hydroxylation sites is 1. The van der Waals surface area contributed by atoms with Crippen molar-refractivity contribution in [3.8, 4) is 5.75 Å². The summed E-state index contributed by atoms with van der Waals surface area (Å²) in [4.78, 5) is 11.7. The zero-order valence-electron chi connectivity index (χ0n) is 8.47. The number of benzene rings is 1. The molecule has 0 saturated heterocycles. The number of methoxy groups -OCH3 is 1. The summed E-state index contributed by atoms with van der Waals surface area (Å²) >= 11 is 1.46. The lowest BCUT2D eigenvalue weighted by Crippen LogP contribution is -2.38. The third-order valence-corrected chi connectivity index (χ3v) is 3.03. The molecule has 4 N–H and O–H groups in total. The van der Waals surface area contributed by atoms with Gasteiger partial charge in [-0.3, -0.25) is 4.79 Å². The van der Waals surface area contributed by atoms with Crippen molar-refractivity contribution in [1.29, 1.82) is 0 Å². The van der Waals surface area contributed by atoms with Gasteiger partial charge in [-0.2, -0.15) is 0 Å². The molecular weight excluding hydrogens is 212 g/mol. The minimum absolute atomic E-state index is 0.454. The van der Waals surface area contributed by atoms with Gasteiger partial charge in [0.05, 0.1) is 13.2 Å². The maximum atomic E-state index is 10.7. The van der Waals surface area contributed by atoms with Crippen LogP contribution >= 0.6 is 11.8 Å². The molecule has 0 bridgehead atoms. The molecule has 0 spiro atoms. The Labute approximate surface area is 93.0 Å². The minimum atomic E-state index is -0.625. The van der Waals surface area contributed by atoms with Gasteiger partial charge in [-0.15, -0.1) is 11.8 Å². The van der Waals surface area contributed by atoms with Crippen LogP contribution in [0.2, 0.25) is 0 Å². The molecule has 5 heteroatoms. The molecule has 0 fully saturated rings. The Morgan fingerprint density at radius 3 is 2.80 bits per heavy atom. The fourth-order valence-corrected chi connectivity index (χ4v) is 1.99. The summed E-state index contributed by atoms with van der Waals surface area (Å²) in [5.74, 6) is 0.743. The number of primary amides is 1. The van der Waals surface area contributed by atoms with E-state index in [-0.39, 0.29) is 0 Å².